The molecule has 3 N–H and O–H groups in total. The fourth-order valence-corrected chi connectivity index (χ4v) is 2.68. The Morgan fingerprint density at radius 1 is 1.33 bits per heavy atom. The van der Waals surface area contributed by atoms with Crippen LogP contribution in [0.2, 0.25) is 0 Å². The van der Waals surface area contributed by atoms with Crippen molar-refractivity contribution in [2.24, 2.45) is 5.92 Å². The topological polar surface area (TPSA) is 78.4 Å². The number of anilines is 1. The first-order chi connectivity index (χ1) is 10.0. The molecule has 2 rings (SSSR count). The third-order valence-electron chi connectivity index (χ3n) is 3.90. The van der Waals surface area contributed by atoms with Gasteiger partial charge in [-0.3, -0.25) is 9.59 Å². The first-order valence-electron chi connectivity index (χ1n) is 7.40. The van der Waals surface area contributed by atoms with Gasteiger partial charge in [-0.1, -0.05) is 0 Å². The van der Waals surface area contributed by atoms with E-state index in [4.69, 9.17) is 0 Å². The summed E-state index contributed by atoms with van der Waals surface area (Å²) in [4.78, 5) is 23.9. The summed E-state index contributed by atoms with van der Waals surface area (Å²) in [6, 6.07) is 5.18. The van der Waals surface area contributed by atoms with Crippen LogP contribution in [-0.4, -0.2) is 29.6 Å². The summed E-state index contributed by atoms with van der Waals surface area (Å²) in [7, 11) is 0. The van der Waals surface area contributed by atoms with Gasteiger partial charge in [-0.05, 0) is 56.9 Å². The molecule has 5 nitrogen and oxygen atoms in total. The monoisotopic (exact) mass is 290 g/mol. The van der Waals surface area contributed by atoms with Crippen LogP contribution in [0.1, 0.15) is 42.1 Å². The molecule has 2 atom stereocenters. The number of benzene rings is 1. The van der Waals surface area contributed by atoms with Gasteiger partial charge in [0.05, 0.1) is 12.0 Å². The lowest BCUT2D eigenvalue weighted by atomic mass is 10.0. The lowest BCUT2D eigenvalue weighted by Crippen LogP contribution is -2.29. The van der Waals surface area contributed by atoms with Crippen LogP contribution in [0.3, 0.4) is 0 Å². The first-order valence-corrected chi connectivity index (χ1v) is 7.40. The van der Waals surface area contributed by atoms with Crippen LogP contribution in [0.4, 0.5) is 5.69 Å². The Labute approximate surface area is 124 Å². The summed E-state index contributed by atoms with van der Waals surface area (Å²) < 4.78 is 0. The normalized spacial score (nSPS) is 21.1. The van der Waals surface area contributed by atoms with Crippen molar-refractivity contribution in [3.05, 3.63) is 29.3 Å². The molecule has 0 radical (unpaired) electrons. The molecule has 0 aliphatic heterocycles. The maximum Gasteiger partial charge on any atom is 0.251 e. The van der Waals surface area contributed by atoms with Crippen LogP contribution in [-0.2, 0) is 4.79 Å². The molecular formula is C16H22N2O3. The molecular weight excluding hydrogens is 268 g/mol. The Bertz CT molecular complexity index is 542. The third-order valence-corrected chi connectivity index (χ3v) is 3.90. The summed E-state index contributed by atoms with van der Waals surface area (Å²) >= 11 is 0. The second-order valence-corrected chi connectivity index (χ2v) is 5.48. The molecule has 1 aliphatic carbocycles. The number of carbonyl (C=O) groups excluding carboxylic acids is 2. The zero-order valence-electron chi connectivity index (χ0n) is 12.5. The summed E-state index contributed by atoms with van der Waals surface area (Å²) in [5, 5.41) is 15.4. The third kappa shape index (κ3) is 3.61. The van der Waals surface area contributed by atoms with E-state index in [-0.39, 0.29) is 17.7 Å². The van der Waals surface area contributed by atoms with Crippen molar-refractivity contribution in [1.29, 1.82) is 0 Å². The fourth-order valence-electron chi connectivity index (χ4n) is 2.68. The van der Waals surface area contributed by atoms with E-state index in [1.165, 1.54) is 0 Å². The number of hydrogen-bond acceptors (Lipinski definition) is 3. The van der Waals surface area contributed by atoms with Gasteiger partial charge in [0.1, 0.15) is 0 Å². The van der Waals surface area contributed by atoms with E-state index in [0.717, 1.165) is 18.4 Å². The van der Waals surface area contributed by atoms with Crippen LogP contribution >= 0.6 is 0 Å². The van der Waals surface area contributed by atoms with E-state index in [1.807, 2.05) is 13.8 Å². The van der Waals surface area contributed by atoms with Gasteiger partial charge in [-0.15, -0.1) is 0 Å². The summed E-state index contributed by atoms with van der Waals surface area (Å²) in [6.07, 6.45) is 1.75. The Hall–Kier alpha value is -1.88. The number of aliphatic hydroxyl groups is 1. The molecule has 1 aliphatic rings. The molecule has 2 amide bonds. The zero-order valence-corrected chi connectivity index (χ0v) is 12.5. The van der Waals surface area contributed by atoms with E-state index < -0.39 is 6.10 Å². The largest absolute Gasteiger partial charge is 0.392 e. The fraction of sp³-hybridized carbons (Fsp3) is 0.500. The highest BCUT2D eigenvalue weighted by atomic mass is 16.3. The molecule has 0 aromatic heterocycles. The van der Waals surface area contributed by atoms with Crippen molar-refractivity contribution in [3.8, 4) is 0 Å². The SMILES string of the molecule is CCNC(=O)c1ccc(NC(=O)C2CCCC2O)c(C)c1. The van der Waals surface area contributed by atoms with Gasteiger partial charge >= 0.3 is 0 Å². The zero-order chi connectivity index (χ0) is 15.4. The predicted molar refractivity (Wildman–Crippen MR) is 81.2 cm³/mol. The van der Waals surface area contributed by atoms with E-state index in [9.17, 15) is 14.7 Å². The number of hydrogen-bond donors (Lipinski definition) is 3. The molecule has 0 bridgehead atoms. The molecule has 1 fully saturated rings. The van der Waals surface area contributed by atoms with Gasteiger partial charge in [0, 0.05) is 17.8 Å². The molecule has 0 spiro atoms. The maximum absolute atomic E-state index is 12.1. The number of rotatable bonds is 4. The number of amides is 2. The van der Waals surface area contributed by atoms with Crippen LogP contribution in [0.5, 0.6) is 0 Å². The van der Waals surface area contributed by atoms with Crippen LogP contribution < -0.4 is 10.6 Å². The highest BCUT2D eigenvalue weighted by molar-refractivity contribution is 5.97. The molecule has 21 heavy (non-hydrogen) atoms. The molecule has 1 aromatic carbocycles. The Kier molecular flexibility index (Phi) is 4.96. The first kappa shape index (κ1) is 15.5. The van der Waals surface area contributed by atoms with Crippen molar-refractivity contribution in [2.75, 3.05) is 11.9 Å². The van der Waals surface area contributed by atoms with Gasteiger partial charge in [0.15, 0.2) is 0 Å². The number of nitrogens with one attached hydrogen (secondary N) is 2. The number of carbonyl (C=O) groups is 2. The summed E-state index contributed by atoms with van der Waals surface area (Å²) in [5.41, 5.74) is 2.10. The average molecular weight is 290 g/mol. The minimum atomic E-state index is -0.542. The van der Waals surface area contributed by atoms with E-state index in [0.29, 0.717) is 24.2 Å². The van der Waals surface area contributed by atoms with E-state index >= 15 is 0 Å². The lowest BCUT2D eigenvalue weighted by molar-refractivity contribution is -0.122. The molecule has 1 aromatic rings. The molecule has 2 unspecified atom stereocenters. The smallest absolute Gasteiger partial charge is 0.251 e. The summed E-state index contributed by atoms with van der Waals surface area (Å²) in [6.45, 7) is 4.30. The number of aliphatic hydroxyl groups excluding tert-OH is 1. The van der Waals surface area contributed by atoms with E-state index in [2.05, 4.69) is 10.6 Å². The van der Waals surface area contributed by atoms with Crippen molar-refractivity contribution in [3.63, 3.8) is 0 Å². The average Bonchev–Trinajstić information content (AvgIpc) is 2.87. The van der Waals surface area contributed by atoms with Crippen molar-refractivity contribution >= 4 is 17.5 Å². The summed E-state index contributed by atoms with van der Waals surface area (Å²) in [5.74, 6) is -0.592. The van der Waals surface area contributed by atoms with Gasteiger partial charge < -0.3 is 15.7 Å². The minimum Gasteiger partial charge on any atom is -0.392 e. The lowest BCUT2D eigenvalue weighted by Gasteiger charge is -2.16. The molecule has 114 valence electrons. The second-order valence-electron chi connectivity index (χ2n) is 5.48. The second kappa shape index (κ2) is 6.72. The molecule has 1 saturated carbocycles. The van der Waals surface area contributed by atoms with Crippen LogP contribution in [0, 0.1) is 12.8 Å². The van der Waals surface area contributed by atoms with Crippen molar-refractivity contribution in [1.82, 2.24) is 5.32 Å². The van der Waals surface area contributed by atoms with Crippen LogP contribution in [0.25, 0.3) is 0 Å². The van der Waals surface area contributed by atoms with Crippen molar-refractivity contribution in [2.45, 2.75) is 39.2 Å². The predicted octanol–water partition coefficient (Wildman–Crippen LogP) is 1.84. The Morgan fingerprint density at radius 2 is 2.10 bits per heavy atom. The molecule has 5 heteroatoms. The highest BCUT2D eigenvalue weighted by Gasteiger charge is 2.31. The van der Waals surface area contributed by atoms with E-state index in [1.54, 1.807) is 18.2 Å². The Balaban J connectivity index is 2.07. The number of aryl methyl sites for hydroxylation is 1. The van der Waals surface area contributed by atoms with Gasteiger partial charge in [0.2, 0.25) is 5.91 Å². The van der Waals surface area contributed by atoms with Crippen LogP contribution in [0.15, 0.2) is 18.2 Å². The standard InChI is InChI=1S/C16H22N2O3/c1-3-17-15(20)11-7-8-13(10(2)9-11)18-16(21)12-5-4-6-14(12)19/h7-9,12,14,19H,3-6H2,1-2H3,(H,17,20)(H,18,21). The molecule has 0 saturated heterocycles. The maximum atomic E-state index is 12.1. The Morgan fingerprint density at radius 3 is 2.67 bits per heavy atom. The van der Waals surface area contributed by atoms with Gasteiger partial charge in [-0.2, -0.15) is 0 Å². The minimum absolute atomic E-state index is 0.121. The van der Waals surface area contributed by atoms with Gasteiger partial charge in [-0.25, -0.2) is 0 Å². The van der Waals surface area contributed by atoms with Crippen molar-refractivity contribution < 1.29 is 14.7 Å². The highest BCUT2D eigenvalue weighted by Crippen LogP contribution is 2.27. The quantitative estimate of drug-likeness (QED) is 0.792. The molecule has 0 heterocycles. The van der Waals surface area contributed by atoms with Gasteiger partial charge in [0.25, 0.3) is 5.91 Å².